The molecule has 4 heteroatoms. The van der Waals surface area contributed by atoms with Crippen LogP contribution >= 0.6 is 11.3 Å². The van der Waals surface area contributed by atoms with Crippen LogP contribution in [0.2, 0.25) is 0 Å². The van der Waals surface area contributed by atoms with Crippen LogP contribution in [0.1, 0.15) is 5.56 Å². The maximum Gasteiger partial charge on any atom is 0.328 e. The number of imidazole rings is 1. The molecule has 2 aromatic heterocycles. The van der Waals surface area contributed by atoms with E-state index < -0.39 is 0 Å². The number of aryl methyl sites for hydroxylation is 1. The molecule has 1 aromatic carbocycles. The molecule has 0 radical (unpaired) electrons. The highest BCUT2D eigenvalue weighted by Gasteiger charge is 2.06. The first kappa shape index (κ1) is 10.4. The number of nitrogens with zero attached hydrogens (tertiary/aromatic N) is 2. The molecule has 86 valence electrons. The van der Waals surface area contributed by atoms with Gasteiger partial charge in [0.25, 0.3) is 0 Å². The number of benzene rings is 1. The van der Waals surface area contributed by atoms with E-state index in [9.17, 15) is 4.79 Å². The van der Waals surface area contributed by atoms with E-state index in [0.29, 0.717) is 6.54 Å². The predicted octanol–water partition coefficient (Wildman–Crippen LogP) is 2.45. The van der Waals surface area contributed by atoms with Gasteiger partial charge in [-0.25, -0.2) is 4.79 Å². The summed E-state index contributed by atoms with van der Waals surface area (Å²) in [6, 6.07) is 8.29. The summed E-state index contributed by atoms with van der Waals surface area (Å²) in [6.07, 6.45) is 3.62. The Morgan fingerprint density at radius 3 is 2.82 bits per heavy atom. The van der Waals surface area contributed by atoms with Crippen molar-refractivity contribution in [3.8, 4) is 0 Å². The predicted molar refractivity (Wildman–Crippen MR) is 70.6 cm³/mol. The molecule has 0 unspecified atom stereocenters. The van der Waals surface area contributed by atoms with Gasteiger partial charge < -0.3 is 4.57 Å². The second kappa shape index (κ2) is 3.89. The Bertz CT molecular complexity index is 720. The molecule has 0 fully saturated rings. The van der Waals surface area contributed by atoms with E-state index in [2.05, 4.69) is 17.5 Å². The zero-order valence-electron chi connectivity index (χ0n) is 9.46. The zero-order chi connectivity index (χ0) is 11.8. The second-order valence-corrected chi connectivity index (χ2v) is 4.99. The minimum absolute atomic E-state index is 0.0280. The van der Waals surface area contributed by atoms with Gasteiger partial charge in [-0.15, -0.1) is 11.3 Å². The second-order valence-electron chi connectivity index (χ2n) is 4.08. The van der Waals surface area contributed by atoms with Gasteiger partial charge in [0, 0.05) is 24.1 Å². The number of thiophene rings is 1. The minimum atomic E-state index is 0.0280. The van der Waals surface area contributed by atoms with Gasteiger partial charge in [0.05, 0.1) is 6.54 Å². The Morgan fingerprint density at radius 2 is 2.06 bits per heavy atom. The fraction of sp³-hybridized carbons (Fsp3) is 0.154. The SMILES string of the molecule is Cn1ccn(Cc2csc3ccccc23)c1=O. The summed E-state index contributed by atoms with van der Waals surface area (Å²) in [5.74, 6) is 0. The van der Waals surface area contributed by atoms with Crippen LogP contribution in [0.15, 0.2) is 46.8 Å². The third-order valence-electron chi connectivity index (χ3n) is 2.92. The van der Waals surface area contributed by atoms with Crippen molar-refractivity contribution in [2.45, 2.75) is 6.54 Å². The molecular formula is C13H12N2OS. The average molecular weight is 244 g/mol. The average Bonchev–Trinajstić information content (AvgIpc) is 2.89. The lowest BCUT2D eigenvalue weighted by Gasteiger charge is -2.00. The molecule has 0 amide bonds. The molecule has 3 aromatic rings. The number of rotatable bonds is 2. The van der Waals surface area contributed by atoms with Gasteiger partial charge in [0.15, 0.2) is 0 Å². The molecule has 0 aliphatic carbocycles. The molecule has 0 N–H and O–H groups in total. The van der Waals surface area contributed by atoms with Crippen molar-refractivity contribution in [2.24, 2.45) is 7.05 Å². The maximum atomic E-state index is 11.8. The standard InChI is InChI=1S/C13H12N2OS/c1-14-6-7-15(13(14)16)8-10-9-17-12-5-3-2-4-11(10)12/h2-7,9H,8H2,1H3. The first-order valence-electron chi connectivity index (χ1n) is 5.42. The smallest absolute Gasteiger partial charge is 0.302 e. The van der Waals surface area contributed by atoms with Crippen LogP contribution in [0.25, 0.3) is 10.1 Å². The lowest BCUT2D eigenvalue weighted by atomic mass is 10.2. The van der Waals surface area contributed by atoms with E-state index >= 15 is 0 Å². The van der Waals surface area contributed by atoms with Crippen molar-refractivity contribution < 1.29 is 0 Å². The Labute approximate surface area is 103 Å². The van der Waals surface area contributed by atoms with Gasteiger partial charge in [-0.3, -0.25) is 4.57 Å². The third-order valence-corrected chi connectivity index (χ3v) is 3.93. The summed E-state index contributed by atoms with van der Waals surface area (Å²) in [5, 5.41) is 3.37. The fourth-order valence-corrected chi connectivity index (χ4v) is 2.92. The topological polar surface area (TPSA) is 26.9 Å². The number of hydrogen-bond donors (Lipinski definition) is 0. The van der Waals surface area contributed by atoms with Crippen molar-refractivity contribution >= 4 is 21.4 Å². The van der Waals surface area contributed by atoms with E-state index in [4.69, 9.17) is 0 Å². The van der Waals surface area contributed by atoms with E-state index in [0.717, 1.165) is 0 Å². The molecule has 0 aliphatic rings. The highest BCUT2D eigenvalue weighted by Crippen LogP contribution is 2.25. The van der Waals surface area contributed by atoms with Crippen molar-refractivity contribution in [1.29, 1.82) is 0 Å². The molecule has 0 atom stereocenters. The Kier molecular flexibility index (Phi) is 2.37. The summed E-state index contributed by atoms with van der Waals surface area (Å²) in [5.41, 5.74) is 1.24. The van der Waals surface area contributed by atoms with Gasteiger partial charge in [0.2, 0.25) is 0 Å². The number of hydrogen-bond acceptors (Lipinski definition) is 2. The zero-order valence-corrected chi connectivity index (χ0v) is 10.3. The van der Waals surface area contributed by atoms with E-state index in [1.807, 2.05) is 18.3 Å². The number of fused-ring (bicyclic) bond motifs is 1. The highest BCUT2D eigenvalue weighted by molar-refractivity contribution is 7.17. The highest BCUT2D eigenvalue weighted by atomic mass is 32.1. The molecule has 0 bridgehead atoms. The van der Waals surface area contributed by atoms with E-state index in [1.165, 1.54) is 15.6 Å². The molecular weight excluding hydrogens is 232 g/mol. The Balaban J connectivity index is 2.06. The summed E-state index contributed by atoms with van der Waals surface area (Å²) in [7, 11) is 1.77. The van der Waals surface area contributed by atoms with Gasteiger partial charge in [-0.1, -0.05) is 18.2 Å². The van der Waals surface area contributed by atoms with Crippen LogP contribution < -0.4 is 5.69 Å². The quantitative estimate of drug-likeness (QED) is 0.680. The van der Waals surface area contributed by atoms with E-state index in [1.54, 1.807) is 33.7 Å². The molecule has 0 aliphatic heterocycles. The van der Waals surface area contributed by atoms with Crippen LogP contribution in [0.5, 0.6) is 0 Å². The van der Waals surface area contributed by atoms with Crippen LogP contribution in [0, 0.1) is 0 Å². The van der Waals surface area contributed by atoms with Crippen molar-refractivity contribution in [3.05, 3.63) is 58.1 Å². The lowest BCUT2D eigenvalue weighted by molar-refractivity contribution is 0.722. The largest absolute Gasteiger partial charge is 0.328 e. The molecule has 0 saturated heterocycles. The van der Waals surface area contributed by atoms with Crippen LogP contribution in [0.3, 0.4) is 0 Å². The Morgan fingerprint density at radius 1 is 1.24 bits per heavy atom. The van der Waals surface area contributed by atoms with Crippen LogP contribution in [0.4, 0.5) is 0 Å². The van der Waals surface area contributed by atoms with Gasteiger partial charge in [-0.05, 0) is 22.4 Å². The third kappa shape index (κ3) is 1.70. The van der Waals surface area contributed by atoms with Crippen molar-refractivity contribution in [2.75, 3.05) is 0 Å². The van der Waals surface area contributed by atoms with Gasteiger partial charge in [-0.2, -0.15) is 0 Å². The summed E-state index contributed by atoms with van der Waals surface area (Å²) in [6.45, 7) is 0.643. The lowest BCUT2D eigenvalue weighted by Crippen LogP contribution is -2.22. The first-order valence-corrected chi connectivity index (χ1v) is 6.30. The Hall–Kier alpha value is -1.81. The number of aromatic nitrogens is 2. The molecule has 0 saturated carbocycles. The molecule has 0 spiro atoms. The van der Waals surface area contributed by atoms with Crippen molar-refractivity contribution in [1.82, 2.24) is 9.13 Å². The van der Waals surface area contributed by atoms with Crippen LogP contribution in [-0.2, 0) is 13.6 Å². The maximum absolute atomic E-state index is 11.8. The normalized spacial score (nSPS) is 11.1. The van der Waals surface area contributed by atoms with Gasteiger partial charge >= 0.3 is 5.69 Å². The fourth-order valence-electron chi connectivity index (χ4n) is 1.97. The summed E-state index contributed by atoms with van der Waals surface area (Å²) in [4.78, 5) is 11.8. The molecule has 3 rings (SSSR count). The van der Waals surface area contributed by atoms with Gasteiger partial charge in [0.1, 0.15) is 0 Å². The van der Waals surface area contributed by atoms with Crippen molar-refractivity contribution in [3.63, 3.8) is 0 Å². The summed E-state index contributed by atoms with van der Waals surface area (Å²) >= 11 is 1.72. The molecule has 2 heterocycles. The molecule has 17 heavy (non-hydrogen) atoms. The monoisotopic (exact) mass is 244 g/mol. The first-order chi connectivity index (χ1) is 8.25. The van der Waals surface area contributed by atoms with E-state index in [-0.39, 0.29) is 5.69 Å². The summed E-state index contributed by atoms with van der Waals surface area (Å²) < 4.78 is 4.59. The molecule has 3 nitrogen and oxygen atoms in total. The van der Waals surface area contributed by atoms with Crippen LogP contribution in [-0.4, -0.2) is 9.13 Å². The minimum Gasteiger partial charge on any atom is -0.302 e.